The van der Waals surface area contributed by atoms with E-state index in [0.29, 0.717) is 5.69 Å². The molecule has 1 fully saturated rings. The lowest BCUT2D eigenvalue weighted by atomic mass is 10.1. The largest absolute Gasteiger partial charge is 0.347 e. The molecule has 128 valence electrons. The van der Waals surface area contributed by atoms with Gasteiger partial charge < -0.3 is 10.2 Å². The fraction of sp³-hybridized carbons (Fsp3) is 0.176. The number of anilines is 1. The van der Waals surface area contributed by atoms with E-state index in [4.69, 9.17) is 0 Å². The van der Waals surface area contributed by atoms with Gasteiger partial charge in [-0.25, -0.2) is 4.39 Å². The van der Waals surface area contributed by atoms with Gasteiger partial charge in [0.05, 0.1) is 11.0 Å². The molecule has 2 aromatic rings. The summed E-state index contributed by atoms with van der Waals surface area (Å²) >= 11 is 0. The smallest absolute Gasteiger partial charge is 0.270 e. The average Bonchev–Trinajstić information content (AvgIpc) is 2.95. The lowest BCUT2D eigenvalue weighted by molar-refractivity contribution is -0.384. The van der Waals surface area contributed by atoms with Gasteiger partial charge in [0, 0.05) is 36.3 Å². The predicted octanol–water partition coefficient (Wildman–Crippen LogP) is 2.27. The van der Waals surface area contributed by atoms with Gasteiger partial charge in [0.15, 0.2) is 0 Å². The Kier molecular flexibility index (Phi) is 4.42. The van der Waals surface area contributed by atoms with Gasteiger partial charge in [0.1, 0.15) is 5.82 Å². The van der Waals surface area contributed by atoms with Crippen LogP contribution in [-0.4, -0.2) is 29.3 Å². The molecular formula is C17H14FN3O4. The number of nitrogens with one attached hydrogen (secondary N) is 1. The number of nitrogens with zero attached hydrogens (tertiary/aromatic N) is 2. The van der Waals surface area contributed by atoms with E-state index in [2.05, 4.69) is 5.32 Å². The van der Waals surface area contributed by atoms with Crippen molar-refractivity contribution in [3.63, 3.8) is 0 Å². The number of nitro groups is 1. The van der Waals surface area contributed by atoms with Gasteiger partial charge in [-0.05, 0) is 24.3 Å². The summed E-state index contributed by atoms with van der Waals surface area (Å²) in [7, 11) is 0. The SMILES string of the molecule is O=C(N[C@@H]1CC(=O)N(c2cccc(F)c2)C1)c1cccc([N+](=O)[O-])c1. The zero-order chi connectivity index (χ0) is 18.0. The second-order valence-corrected chi connectivity index (χ2v) is 5.67. The Morgan fingerprint density at radius 3 is 2.72 bits per heavy atom. The first-order valence-electron chi connectivity index (χ1n) is 7.55. The number of nitro benzene ring substituents is 1. The minimum absolute atomic E-state index is 0.0805. The Hall–Kier alpha value is -3.29. The van der Waals surface area contributed by atoms with Gasteiger partial charge >= 0.3 is 0 Å². The van der Waals surface area contributed by atoms with Crippen LogP contribution in [0.5, 0.6) is 0 Å². The van der Waals surface area contributed by atoms with Crippen molar-refractivity contribution >= 4 is 23.2 Å². The molecule has 0 bridgehead atoms. The number of halogens is 1. The summed E-state index contributed by atoms with van der Waals surface area (Å²) in [5, 5.41) is 13.5. The number of hydrogen-bond acceptors (Lipinski definition) is 4. The molecule has 8 heteroatoms. The quantitative estimate of drug-likeness (QED) is 0.681. The zero-order valence-electron chi connectivity index (χ0n) is 13.0. The van der Waals surface area contributed by atoms with E-state index in [1.165, 1.54) is 47.4 Å². The van der Waals surface area contributed by atoms with Crippen LogP contribution < -0.4 is 10.2 Å². The first-order chi connectivity index (χ1) is 11.9. The summed E-state index contributed by atoms with van der Waals surface area (Å²) in [6, 6.07) is 10.6. The molecule has 3 rings (SSSR count). The molecule has 25 heavy (non-hydrogen) atoms. The molecule has 0 saturated carbocycles. The molecular weight excluding hydrogens is 329 g/mol. The molecule has 2 amide bonds. The topological polar surface area (TPSA) is 92.6 Å². The van der Waals surface area contributed by atoms with Crippen molar-refractivity contribution in [2.45, 2.75) is 12.5 Å². The summed E-state index contributed by atoms with van der Waals surface area (Å²) in [5.41, 5.74) is 0.388. The van der Waals surface area contributed by atoms with Crippen LogP contribution in [0.3, 0.4) is 0 Å². The molecule has 1 atom stereocenters. The van der Waals surface area contributed by atoms with E-state index in [1.807, 2.05) is 0 Å². The summed E-state index contributed by atoms with van der Waals surface area (Å²) in [6.45, 7) is 0.211. The predicted molar refractivity (Wildman–Crippen MR) is 87.7 cm³/mol. The van der Waals surface area contributed by atoms with Gasteiger partial charge in [-0.2, -0.15) is 0 Å². The van der Waals surface area contributed by atoms with Crippen molar-refractivity contribution in [3.05, 3.63) is 70.0 Å². The Balaban J connectivity index is 1.70. The highest BCUT2D eigenvalue weighted by Crippen LogP contribution is 2.22. The van der Waals surface area contributed by atoms with Crippen LogP contribution in [0.1, 0.15) is 16.8 Å². The van der Waals surface area contributed by atoms with E-state index in [-0.39, 0.29) is 30.1 Å². The maximum Gasteiger partial charge on any atom is 0.270 e. The zero-order valence-corrected chi connectivity index (χ0v) is 13.0. The maximum atomic E-state index is 13.3. The molecule has 1 N–H and O–H groups in total. The number of carbonyl (C=O) groups is 2. The molecule has 1 heterocycles. The van der Waals surface area contributed by atoms with Gasteiger partial charge in [-0.1, -0.05) is 12.1 Å². The highest BCUT2D eigenvalue weighted by atomic mass is 19.1. The third-order valence-electron chi connectivity index (χ3n) is 3.90. The molecule has 0 spiro atoms. The number of non-ortho nitro benzene ring substituents is 1. The molecule has 7 nitrogen and oxygen atoms in total. The average molecular weight is 343 g/mol. The first kappa shape index (κ1) is 16.6. The molecule has 0 aromatic heterocycles. The number of carbonyl (C=O) groups excluding carboxylic acids is 2. The minimum Gasteiger partial charge on any atom is -0.347 e. The number of rotatable bonds is 4. The molecule has 0 radical (unpaired) electrons. The van der Waals surface area contributed by atoms with E-state index < -0.39 is 22.7 Å². The third-order valence-corrected chi connectivity index (χ3v) is 3.90. The minimum atomic E-state index is -0.582. The molecule has 1 saturated heterocycles. The van der Waals surface area contributed by atoms with Gasteiger partial charge in [0.2, 0.25) is 5.91 Å². The van der Waals surface area contributed by atoms with Gasteiger partial charge in [0.25, 0.3) is 11.6 Å². The Labute approximate surface area is 142 Å². The summed E-state index contributed by atoms with van der Waals surface area (Å²) in [4.78, 5) is 36.0. The standard InChI is InChI=1S/C17H14FN3O4/c18-12-4-2-5-14(8-12)20-10-13(9-16(20)22)19-17(23)11-3-1-6-15(7-11)21(24)25/h1-8,13H,9-10H2,(H,19,23)/t13-/m1/s1. The molecule has 0 unspecified atom stereocenters. The van der Waals surface area contributed by atoms with Crippen LogP contribution >= 0.6 is 0 Å². The van der Waals surface area contributed by atoms with Crippen molar-refractivity contribution in [1.29, 1.82) is 0 Å². The van der Waals surface area contributed by atoms with Crippen molar-refractivity contribution in [1.82, 2.24) is 5.32 Å². The fourth-order valence-corrected chi connectivity index (χ4v) is 2.73. The van der Waals surface area contributed by atoms with Crippen LogP contribution in [0, 0.1) is 15.9 Å². The Morgan fingerprint density at radius 2 is 2.00 bits per heavy atom. The monoisotopic (exact) mass is 343 g/mol. The maximum absolute atomic E-state index is 13.3. The van der Waals surface area contributed by atoms with Crippen LogP contribution in [0.15, 0.2) is 48.5 Å². The highest BCUT2D eigenvalue weighted by Gasteiger charge is 2.32. The first-order valence-corrected chi connectivity index (χ1v) is 7.55. The van der Waals surface area contributed by atoms with Gasteiger partial charge in [-0.15, -0.1) is 0 Å². The fourth-order valence-electron chi connectivity index (χ4n) is 2.73. The lowest BCUT2D eigenvalue weighted by Gasteiger charge is -2.17. The highest BCUT2D eigenvalue weighted by molar-refractivity contribution is 5.99. The van der Waals surface area contributed by atoms with Crippen molar-refractivity contribution < 1.29 is 18.9 Å². The van der Waals surface area contributed by atoms with Crippen molar-refractivity contribution in [2.75, 3.05) is 11.4 Å². The van der Waals surface area contributed by atoms with Crippen molar-refractivity contribution in [2.24, 2.45) is 0 Å². The summed E-state index contributed by atoms with van der Waals surface area (Å²) in [5.74, 6) is -1.17. The number of amides is 2. The van der Waals surface area contributed by atoms with Crippen LogP contribution in [-0.2, 0) is 4.79 Å². The molecule has 2 aromatic carbocycles. The van der Waals surface area contributed by atoms with Gasteiger partial charge in [-0.3, -0.25) is 19.7 Å². The van der Waals surface area contributed by atoms with E-state index in [9.17, 15) is 24.1 Å². The lowest BCUT2D eigenvalue weighted by Crippen LogP contribution is -2.37. The Bertz CT molecular complexity index is 855. The Morgan fingerprint density at radius 1 is 1.24 bits per heavy atom. The summed E-state index contributed by atoms with van der Waals surface area (Å²) in [6.07, 6.45) is 0.0805. The molecule has 1 aliphatic rings. The molecule has 1 aliphatic heterocycles. The number of hydrogen-bond donors (Lipinski definition) is 1. The molecule has 0 aliphatic carbocycles. The summed E-state index contributed by atoms with van der Waals surface area (Å²) < 4.78 is 13.3. The van der Waals surface area contributed by atoms with E-state index >= 15 is 0 Å². The van der Waals surface area contributed by atoms with Crippen LogP contribution in [0.2, 0.25) is 0 Å². The number of benzene rings is 2. The normalized spacial score (nSPS) is 16.8. The van der Waals surface area contributed by atoms with Crippen molar-refractivity contribution in [3.8, 4) is 0 Å². The van der Waals surface area contributed by atoms with Crippen LogP contribution in [0.25, 0.3) is 0 Å². The third kappa shape index (κ3) is 3.63. The second kappa shape index (κ2) is 6.68. The van der Waals surface area contributed by atoms with E-state index in [0.717, 1.165) is 0 Å². The van der Waals surface area contributed by atoms with E-state index in [1.54, 1.807) is 6.07 Å². The van der Waals surface area contributed by atoms with Crippen LogP contribution in [0.4, 0.5) is 15.8 Å². The second-order valence-electron chi connectivity index (χ2n) is 5.67.